The molecule has 3 atom stereocenters. The number of alkyl halides is 5. The summed E-state index contributed by atoms with van der Waals surface area (Å²) in [6.45, 7) is 1.06. The quantitative estimate of drug-likeness (QED) is 0.280. The topological polar surface area (TPSA) is 152 Å². The van der Waals surface area contributed by atoms with Crippen molar-refractivity contribution >= 4 is 35.1 Å². The van der Waals surface area contributed by atoms with Crippen molar-refractivity contribution in [3.63, 3.8) is 0 Å². The van der Waals surface area contributed by atoms with Crippen molar-refractivity contribution in [3.8, 4) is 11.3 Å². The second-order valence-electron chi connectivity index (χ2n) is 12.6. The van der Waals surface area contributed by atoms with Gasteiger partial charge in [0.1, 0.15) is 6.04 Å². The van der Waals surface area contributed by atoms with Gasteiger partial charge in [0.25, 0.3) is 17.7 Å². The molecule has 47 heavy (non-hydrogen) atoms. The normalized spacial score (nSPS) is 27.1. The van der Waals surface area contributed by atoms with E-state index in [4.69, 9.17) is 17.3 Å². The summed E-state index contributed by atoms with van der Waals surface area (Å²) in [6.07, 6.45) is -2.12. The van der Waals surface area contributed by atoms with Gasteiger partial charge in [-0.2, -0.15) is 18.3 Å². The minimum Gasteiger partial charge on any atom is -0.349 e. The molecule has 12 nitrogen and oxygen atoms in total. The highest BCUT2D eigenvalue weighted by Gasteiger charge is 2.60. The Bertz CT molecular complexity index is 1770. The van der Waals surface area contributed by atoms with Crippen LogP contribution in [0, 0.1) is 11.8 Å². The number of urea groups is 1. The molecular formula is C29H29ClF5N9O3. The molecule has 0 radical (unpaired) electrons. The SMILES string of the molecule is Cn1c(-c2cn(C3CC3(F)F)nc2C(F)(F)F)cnc1C(=O)Nc1ccc(C(=O)NC2C3CN(C(=O)NC4CC(N)C4)CC32)c(Cl)c1. The van der Waals surface area contributed by atoms with Gasteiger partial charge in [-0.25, -0.2) is 18.6 Å². The van der Waals surface area contributed by atoms with Crippen molar-refractivity contribution in [2.45, 2.75) is 55.5 Å². The number of carbonyl (C=O) groups excluding carboxylic acids is 3. The molecule has 3 aliphatic carbocycles. The number of carbonyl (C=O) groups is 3. The summed E-state index contributed by atoms with van der Waals surface area (Å²) in [7, 11) is 1.31. The Hall–Kier alpha value is -4.25. The number of piperidine rings is 1. The number of benzene rings is 1. The van der Waals surface area contributed by atoms with Crippen LogP contribution in [0.15, 0.2) is 30.6 Å². The van der Waals surface area contributed by atoms with Crippen LogP contribution in [0.3, 0.4) is 0 Å². The monoisotopic (exact) mass is 681 g/mol. The van der Waals surface area contributed by atoms with E-state index in [1.54, 1.807) is 4.90 Å². The molecular weight excluding hydrogens is 653 g/mol. The van der Waals surface area contributed by atoms with Gasteiger partial charge in [-0.15, -0.1) is 0 Å². The van der Waals surface area contributed by atoms with Gasteiger partial charge in [-0.3, -0.25) is 14.3 Å². The predicted molar refractivity (Wildman–Crippen MR) is 157 cm³/mol. The molecule has 4 aliphatic rings. The first-order chi connectivity index (χ1) is 22.1. The second-order valence-corrected chi connectivity index (χ2v) is 13.0. The molecule has 3 heterocycles. The fourth-order valence-corrected chi connectivity index (χ4v) is 6.72. The molecule has 1 aromatic carbocycles. The Balaban J connectivity index is 0.971. The second kappa shape index (κ2) is 10.9. The van der Waals surface area contributed by atoms with Crippen LogP contribution in [0.1, 0.15) is 52.0 Å². The molecule has 4 amide bonds. The zero-order valence-electron chi connectivity index (χ0n) is 24.7. The standard InChI is InChI=1S/C29H29ClF5N9O3/c1-42-20(18-11-44(21-7-28(21,31)32)41-23(18)29(33,34)35)8-37-24(42)26(46)38-13-2-3-15(19(30)6-13)25(45)40-22-16-9-43(10-17(16)22)27(47)39-14-4-12(36)5-14/h2-3,6,8,11-12,14,16-17,21-22H,4-5,7,9-10,36H2,1H3,(H,38,46)(H,39,47)(H,40,45). The minimum absolute atomic E-state index is 0.0467. The zero-order valence-corrected chi connectivity index (χ0v) is 25.4. The van der Waals surface area contributed by atoms with E-state index in [2.05, 4.69) is 26.0 Å². The lowest BCUT2D eigenvalue weighted by Gasteiger charge is -2.34. The zero-order chi connectivity index (χ0) is 33.6. The summed E-state index contributed by atoms with van der Waals surface area (Å²) < 4.78 is 70.0. The number of rotatable bonds is 7. The van der Waals surface area contributed by atoms with Gasteiger partial charge in [-0.1, -0.05) is 11.6 Å². The maximum atomic E-state index is 13.7. The largest absolute Gasteiger partial charge is 0.435 e. The van der Waals surface area contributed by atoms with E-state index in [1.165, 1.54) is 25.2 Å². The van der Waals surface area contributed by atoms with E-state index in [9.17, 15) is 36.3 Å². The van der Waals surface area contributed by atoms with Crippen molar-refractivity contribution in [3.05, 3.63) is 52.7 Å². The van der Waals surface area contributed by atoms with Crippen LogP contribution in [-0.2, 0) is 13.2 Å². The molecule has 1 saturated heterocycles. The molecule has 2 aromatic heterocycles. The van der Waals surface area contributed by atoms with E-state index in [1.807, 2.05) is 0 Å². The van der Waals surface area contributed by atoms with Crippen molar-refractivity contribution < 1.29 is 36.3 Å². The molecule has 3 unspecified atom stereocenters. The smallest absolute Gasteiger partial charge is 0.349 e. The highest BCUT2D eigenvalue weighted by Crippen LogP contribution is 2.53. The summed E-state index contributed by atoms with van der Waals surface area (Å²) in [5, 5.41) is 11.9. The third kappa shape index (κ3) is 5.79. The first-order valence-corrected chi connectivity index (χ1v) is 15.3. The number of halogens is 6. The number of hydrogen-bond donors (Lipinski definition) is 4. The Morgan fingerprint density at radius 1 is 1.09 bits per heavy atom. The molecule has 4 fully saturated rings. The number of likely N-dealkylation sites (tertiary alicyclic amines) is 1. The van der Waals surface area contributed by atoms with E-state index in [-0.39, 0.29) is 63.8 Å². The lowest BCUT2D eigenvalue weighted by molar-refractivity contribution is -0.141. The molecule has 0 bridgehead atoms. The van der Waals surface area contributed by atoms with Crippen LogP contribution in [-0.4, -0.2) is 79.2 Å². The van der Waals surface area contributed by atoms with Crippen molar-refractivity contribution in [2.75, 3.05) is 18.4 Å². The number of hydrogen-bond acceptors (Lipinski definition) is 6. The molecule has 0 spiro atoms. The number of amides is 4. The lowest BCUT2D eigenvalue weighted by Crippen LogP contribution is -2.54. The number of nitrogens with zero attached hydrogens (tertiary/aromatic N) is 5. The summed E-state index contributed by atoms with van der Waals surface area (Å²) in [4.78, 5) is 44.2. The number of anilines is 1. The number of fused-ring (bicyclic) bond motifs is 1. The summed E-state index contributed by atoms with van der Waals surface area (Å²) in [6, 6.07) is 2.77. The first-order valence-electron chi connectivity index (χ1n) is 14.9. The van der Waals surface area contributed by atoms with Gasteiger partial charge < -0.3 is 31.2 Å². The molecule has 7 rings (SSSR count). The fourth-order valence-electron chi connectivity index (χ4n) is 6.45. The van der Waals surface area contributed by atoms with E-state index < -0.39 is 47.6 Å². The number of nitrogens with one attached hydrogen (secondary N) is 3. The van der Waals surface area contributed by atoms with Gasteiger partial charge in [0.2, 0.25) is 0 Å². The third-order valence-electron chi connectivity index (χ3n) is 9.33. The maximum Gasteiger partial charge on any atom is 0.435 e. The molecule has 250 valence electrons. The van der Waals surface area contributed by atoms with E-state index in [0.717, 1.165) is 29.8 Å². The van der Waals surface area contributed by atoms with E-state index in [0.29, 0.717) is 17.8 Å². The van der Waals surface area contributed by atoms with Gasteiger partial charge in [0, 0.05) is 68.4 Å². The van der Waals surface area contributed by atoms with Crippen LogP contribution >= 0.6 is 11.6 Å². The van der Waals surface area contributed by atoms with Crippen LogP contribution in [0.5, 0.6) is 0 Å². The summed E-state index contributed by atoms with van der Waals surface area (Å²) in [5.41, 5.74) is 4.11. The first kappa shape index (κ1) is 31.4. The van der Waals surface area contributed by atoms with Crippen molar-refractivity contribution in [1.82, 2.24) is 34.9 Å². The fraction of sp³-hybridized carbons (Fsp3) is 0.483. The van der Waals surface area contributed by atoms with Crippen LogP contribution in [0.25, 0.3) is 11.3 Å². The minimum atomic E-state index is -4.94. The number of aromatic nitrogens is 4. The van der Waals surface area contributed by atoms with Crippen LogP contribution in [0.2, 0.25) is 5.02 Å². The van der Waals surface area contributed by atoms with Gasteiger partial charge in [0.05, 0.1) is 28.0 Å². The van der Waals surface area contributed by atoms with Crippen molar-refractivity contribution in [1.29, 1.82) is 0 Å². The highest BCUT2D eigenvalue weighted by molar-refractivity contribution is 6.34. The summed E-state index contributed by atoms with van der Waals surface area (Å²) >= 11 is 6.38. The Morgan fingerprint density at radius 2 is 1.77 bits per heavy atom. The van der Waals surface area contributed by atoms with Crippen LogP contribution in [0.4, 0.5) is 32.4 Å². The Kier molecular flexibility index (Phi) is 7.27. The lowest BCUT2D eigenvalue weighted by atomic mass is 9.88. The third-order valence-corrected chi connectivity index (χ3v) is 9.65. The summed E-state index contributed by atoms with van der Waals surface area (Å²) in [5.74, 6) is -4.33. The Morgan fingerprint density at radius 3 is 2.36 bits per heavy atom. The van der Waals surface area contributed by atoms with Crippen molar-refractivity contribution in [2.24, 2.45) is 24.6 Å². The average Bonchev–Trinajstić information content (AvgIpc) is 3.48. The van der Waals surface area contributed by atoms with Gasteiger partial charge in [0.15, 0.2) is 11.5 Å². The Labute approximate surface area is 268 Å². The van der Waals surface area contributed by atoms with Gasteiger partial charge in [-0.05, 0) is 31.0 Å². The predicted octanol–water partition coefficient (Wildman–Crippen LogP) is 3.65. The molecule has 1 aliphatic heterocycles. The maximum absolute atomic E-state index is 13.7. The molecule has 18 heteroatoms. The molecule has 3 saturated carbocycles. The number of nitrogens with two attached hydrogens (primary N) is 1. The average molecular weight is 682 g/mol. The van der Waals surface area contributed by atoms with E-state index >= 15 is 0 Å². The molecule has 5 N–H and O–H groups in total. The van der Waals surface area contributed by atoms with Gasteiger partial charge >= 0.3 is 12.2 Å². The molecule has 3 aromatic rings. The number of imidazole rings is 1. The highest BCUT2D eigenvalue weighted by atomic mass is 35.5. The van der Waals surface area contributed by atoms with Crippen LogP contribution < -0.4 is 21.7 Å².